The lowest BCUT2D eigenvalue weighted by molar-refractivity contribution is 0.319. The van der Waals surface area contributed by atoms with Gasteiger partial charge in [0.2, 0.25) is 0 Å². The molecule has 0 saturated heterocycles. The molecule has 0 atom stereocenters. The van der Waals surface area contributed by atoms with Crippen molar-refractivity contribution in [1.29, 1.82) is 0 Å². The fraction of sp³-hybridized carbons (Fsp3) is 1.00. The zero-order valence-electron chi connectivity index (χ0n) is 11.0. The van der Waals surface area contributed by atoms with E-state index in [1.807, 2.05) is 7.05 Å². The molecule has 0 amide bonds. The van der Waals surface area contributed by atoms with Crippen LogP contribution in [-0.2, 0) is 0 Å². The second kappa shape index (κ2) is 10.4. The minimum absolute atomic E-state index is 0.623. The van der Waals surface area contributed by atoms with Gasteiger partial charge in [-0.25, -0.2) is 0 Å². The van der Waals surface area contributed by atoms with Gasteiger partial charge >= 0.3 is 0 Å². The Labute approximate surface area is 95.6 Å². The molecule has 15 heavy (non-hydrogen) atoms. The third kappa shape index (κ3) is 11.8. The van der Waals surface area contributed by atoms with Crippen LogP contribution in [0.25, 0.3) is 0 Å². The fourth-order valence-corrected chi connectivity index (χ4v) is 1.54. The molecule has 0 saturated carbocycles. The maximum atomic E-state index is 3.44. The first-order valence-corrected chi connectivity index (χ1v) is 6.23. The van der Waals surface area contributed by atoms with Crippen molar-refractivity contribution in [3.8, 4) is 0 Å². The summed E-state index contributed by atoms with van der Waals surface area (Å²) in [5, 5.41) is 6.62. The van der Waals surface area contributed by atoms with Crippen LogP contribution in [-0.4, -0.2) is 51.2 Å². The van der Waals surface area contributed by atoms with Gasteiger partial charge in [-0.1, -0.05) is 13.8 Å². The average molecular weight is 215 g/mol. The molecule has 0 aliphatic heterocycles. The molecular formula is C12H29N3. The molecule has 0 aliphatic carbocycles. The number of unbranched alkanes of at least 4 members (excludes halogenated alkanes) is 1. The third-order valence-electron chi connectivity index (χ3n) is 2.49. The summed E-state index contributed by atoms with van der Waals surface area (Å²) < 4.78 is 0. The van der Waals surface area contributed by atoms with Crippen LogP contribution in [0.1, 0.15) is 33.1 Å². The normalized spacial score (nSPS) is 11.6. The van der Waals surface area contributed by atoms with E-state index in [1.165, 1.54) is 32.4 Å². The lowest BCUT2D eigenvalue weighted by atomic mass is 10.2. The van der Waals surface area contributed by atoms with Crippen molar-refractivity contribution in [2.45, 2.75) is 39.2 Å². The lowest BCUT2D eigenvalue weighted by Gasteiger charge is -2.16. The molecule has 3 heteroatoms. The summed E-state index contributed by atoms with van der Waals surface area (Å²) in [6.07, 6.45) is 3.83. The zero-order chi connectivity index (χ0) is 11.5. The van der Waals surface area contributed by atoms with Gasteiger partial charge in [-0.2, -0.15) is 0 Å². The molecule has 0 rings (SSSR count). The molecule has 0 aliphatic rings. The van der Waals surface area contributed by atoms with Gasteiger partial charge in [-0.3, -0.25) is 0 Å². The molecule has 0 aromatic carbocycles. The second-order valence-electron chi connectivity index (χ2n) is 4.58. The van der Waals surface area contributed by atoms with Crippen molar-refractivity contribution in [2.24, 2.45) is 0 Å². The predicted octanol–water partition coefficient (Wildman–Crippen LogP) is 1.31. The molecule has 3 nitrogen and oxygen atoms in total. The highest BCUT2D eigenvalue weighted by Gasteiger charge is 1.97. The van der Waals surface area contributed by atoms with Gasteiger partial charge in [0.05, 0.1) is 0 Å². The Kier molecular flexibility index (Phi) is 10.3. The smallest absolute Gasteiger partial charge is 0.00103 e. The van der Waals surface area contributed by atoms with Crippen LogP contribution in [0.3, 0.4) is 0 Å². The van der Waals surface area contributed by atoms with E-state index >= 15 is 0 Å². The van der Waals surface area contributed by atoms with Gasteiger partial charge in [0, 0.05) is 6.04 Å². The first-order valence-electron chi connectivity index (χ1n) is 6.23. The highest BCUT2D eigenvalue weighted by Crippen LogP contribution is 1.93. The van der Waals surface area contributed by atoms with E-state index in [0.29, 0.717) is 6.04 Å². The SMILES string of the molecule is CNCCCN(C)CCCCNC(C)C. The maximum Gasteiger partial charge on any atom is 0.00103 e. The van der Waals surface area contributed by atoms with Gasteiger partial charge in [0.1, 0.15) is 0 Å². The summed E-state index contributed by atoms with van der Waals surface area (Å²) >= 11 is 0. The van der Waals surface area contributed by atoms with Crippen molar-refractivity contribution >= 4 is 0 Å². The highest BCUT2D eigenvalue weighted by molar-refractivity contribution is 4.56. The average Bonchev–Trinajstić information content (AvgIpc) is 2.17. The molecule has 2 N–H and O–H groups in total. The van der Waals surface area contributed by atoms with Crippen LogP contribution >= 0.6 is 0 Å². The van der Waals surface area contributed by atoms with E-state index < -0.39 is 0 Å². The second-order valence-corrected chi connectivity index (χ2v) is 4.58. The molecule has 0 aromatic heterocycles. The first-order chi connectivity index (χ1) is 7.16. The maximum absolute atomic E-state index is 3.44. The molecular weight excluding hydrogens is 186 g/mol. The van der Waals surface area contributed by atoms with Crippen LogP contribution in [0.5, 0.6) is 0 Å². The minimum atomic E-state index is 0.623. The number of hydrogen-bond acceptors (Lipinski definition) is 3. The monoisotopic (exact) mass is 215 g/mol. The van der Waals surface area contributed by atoms with E-state index in [-0.39, 0.29) is 0 Å². The Morgan fingerprint density at radius 3 is 2.27 bits per heavy atom. The van der Waals surface area contributed by atoms with E-state index in [1.54, 1.807) is 0 Å². The highest BCUT2D eigenvalue weighted by atomic mass is 15.1. The topological polar surface area (TPSA) is 27.3 Å². The molecule has 0 bridgehead atoms. The van der Waals surface area contributed by atoms with Crippen molar-refractivity contribution in [1.82, 2.24) is 15.5 Å². The minimum Gasteiger partial charge on any atom is -0.320 e. The van der Waals surface area contributed by atoms with Crippen molar-refractivity contribution in [2.75, 3.05) is 40.3 Å². The summed E-state index contributed by atoms with van der Waals surface area (Å²) in [6.45, 7) is 9.11. The van der Waals surface area contributed by atoms with Gasteiger partial charge in [-0.05, 0) is 59.5 Å². The summed E-state index contributed by atoms with van der Waals surface area (Å²) in [6, 6.07) is 0.623. The molecule has 92 valence electrons. The van der Waals surface area contributed by atoms with E-state index in [0.717, 1.165) is 13.1 Å². The standard InChI is InChI=1S/C12H29N3/c1-12(2)14-9-5-6-10-15(4)11-7-8-13-3/h12-14H,5-11H2,1-4H3. The van der Waals surface area contributed by atoms with Crippen LogP contribution < -0.4 is 10.6 Å². The first kappa shape index (κ1) is 14.9. The Balaban J connectivity index is 3.13. The van der Waals surface area contributed by atoms with Crippen LogP contribution in [0.15, 0.2) is 0 Å². The zero-order valence-corrected chi connectivity index (χ0v) is 11.0. The lowest BCUT2D eigenvalue weighted by Crippen LogP contribution is -2.26. The molecule has 0 fully saturated rings. The van der Waals surface area contributed by atoms with Crippen molar-refractivity contribution in [3.63, 3.8) is 0 Å². The van der Waals surface area contributed by atoms with Crippen LogP contribution in [0.2, 0.25) is 0 Å². The van der Waals surface area contributed by atoms with Crippen LogP contribution in [0.4, 0.5) is 0 Å². The third-order valence-corrected chi connectivity index (χ3v) is 2.49. The quantitative estimate of drug-likeness (QED) is 0.538. The molecule has 0 heterocycles. The van der Waals surface area contributed by atoms with Gasteiger partial charge < -0.3 is 15.5 Å². The van der Waals surface area contributed by atoms with E-state index in [4.69, 9.17) is 0 Å². The Hall–Kier alpha value is -0.120. The summed E-state index contributed by atoms with van der Waals surface area (Å²) in [7, 11) is 4.23. The molecule has 0 radical (unpaired) electrons. The summed E-state index contributed by atoms with van der Waals surface area (Å²) in [5.41, 5.74) is 0. The largest absolute Gasteiger partial charge is 0.320 e. The summed E-state index contributed by atoms with van der Waals surface area (Å²) in [5.74, 6) is 0. The predicted molar refractivity (Wildman–Crippen MR) is 68.4 cm³/mol. The summed E-state index contributed by atoms with van der Waals surface area (Å²) in [4.78, 5) is 2.42. The van der Waals surface area contributed by atoms with Crippen molar-refractivity contribution in [3.05, 3.63) is 0 Å². The molecule has 0 unspecified atom stereocenters. The van der Waals surface area contributed by atoms with Gasteiger partial charge in [-0.15, -0.1) is 0 Å². The number of nitrogens with one attached hydrogen (secondary N) is 2. The fourth-order valence-electron chi connectivity index (χ4n) is 1.54. The molecule has 0 aromatic rings. The van der Waals surface area contributed by atoms with Crippen LogP contribution in [0, 0.1) is 0 Å². The number of nitrogens with zero attached hydrogens (tertiary/aromatic N) is 1. The number of hydrogen-bond donors (Lipinski definition) is 2. The molecule has 0 spiro atoms. The number of rotatable bonds is 10. The Morgan fingerprint density at radius 1 is 1.00 bits per heavy atom. The Morgan fingerprint density at radius 2 is 1.67 bits per heavy atom. The van der Waals surface area contributed by atoms with E-state index in [9.17, 15) is 0 Å². The Bertz CT molecular complexity index is 126. The van der Waals surface area contributed by atoms with E-state index in [2.05, 4.69) is 36.4 Å². The van der Waals surface area contributed by atoms with Crippen molar-refractivity contribution < 1.29 is 0 Å². The van der Waals surface area contributed by atoms with Gasteiger partial charge in [0.25, 0.3) is 0 Å². The van der Waals surface area contributed by atoms with Gasteiger partial charge in [0.15, 0.2) is 0 Å².